The van der Waals surface area contributed by atoms with Gasteiger partial charge < -0.3 is 20.6 Å². The van der Waals surface area contributed by atoms with Gasteiger partial charge in [-0.25, -0.2) is 15.2 Å². The standard InChI is InChI=1S/C15H15ClF3N5O3/c1-3-21-24-12-8(15(17,18)19)6-20-14(23-12)22-10-5-11(27-2)7(13(25)26)4-9(10)16/h4-6,21H,3H2,1-2H3,(H,25,26)(H2,20,22,23,24). The molecule has 0 fully saturated rings. The lowest BCUT2D eigenvalue weighted by atomic mass is 10.2. The Balaban J connectivity index is 2.41. The average molecular weight is 406 g/mol. The first-order valence-corrected chi connectivity index (χ1v) is 7.86. The number of benzene rings is 1. The van der Waals surface area contributed by atoms with Crippen LogP contribution in [0.3, 0.4) is 0 Å². The van der Waals surface area contributed by atoms with Crippen LogP contribution in [0.4, 0.5) is 30.6 Å². The molecule has 0 saturated carbocycles. The number of nitrogens with zero attached hydrogens (tertiary/aromatic N) is 2. The monoisotopic (exact) mass is 405 g/mol. The molecule has 146 valence electrons. The highest BCUT2D eigenvalue weighted by atomic mass is 35.5. The zero-order chi connectivity index (χ0) is 20.2. The lowest BCUT2D eigenvalue weighted by Gasteiger charge is -2.15. The van der Waals surface area contributed by atoms with E-state index in [1.807, 2.05) is 0 Å². The van der Waals surface area contributed by atoms with E-state index in [1.54, 1.807) is 6.92 Å². The summed E-state index contributed by atoms with van der Waals surface area (Å²) in [7, 11) is 1.27. The minimum absolute atomic E-state index is 0.00195. The molecule has 0 aliphatic rings. The largest absolute Gasteiger partial charge is 0.496 e. The number of carboxylic acid groups (broad SMARTS) is 1. The Bertz CT molecular complexity index is 848. The number of hydrazine groups is 1. The van der Waals surface area contributed by atoms with Crippen molar-refractivity contribution in [3.63, 3.8) is 0 Å². The number of aromatic nitrogens is 2. The highest BCUT2D eigenvalue weighted by molar-refractivity contribution is 6.33. The van der Waals surface area contributed by atoms with Crippen LogP contribution in [-0.2, 0) is 6.18 Å². The number of hydrogen-bond acceptors (Lipinski definition) is 7. The Morgan fingerprint density at radius 1 is 1.37 bits per heavy atom. The summed E-state index contributed by atoms with van der Waals surface area (Å²) in [4.78, 5) is 18.6. The predicted molar refractivity (Wildman–Crippen MR) is 92.6 cm³/mol. The van der Waals surface area contributed by atoms with Crippen LogP contribution in [0.25, 0.3) is 0 Å². The maximum Gasteiger partial charge on any atom is 0.421 e. The van der Waals surface area contributed by atoms with E-state index in [0.29, 0.717) is 12.7 Å². The second-order valence-electron chi connectivity index (χ2n) is 5.07. The second kappa shape index (κ2) is 8.27. The van der Waals surface area contributed by atoms with E-state index < -0.39 is 23.5 Å². The fourth-order valence-electron chi connectivity index (χ4n) is 2.02. The number of methoxy groups -OCH3 is 1. The molecule has 0 spiro atoms. The Hall–Kier alpha value is -2.79. The van der Waals surface area contributed by atoms with Gasteiger partial charge in [0, 0.05) is 18.8 Å². The van der Waals surface area contributed by atoms with E-state index in [0.717, 1.165) is 6.07 Å². The molecule has 1 heterocycles. The van der Waals surface area contributed by atoms with E-state index >= 15 is 0 Å². The number of carbonyl (C=O) groups is 1. The summed E-state index contributed by atoms with van der Waals surface area (Å²) < 4.78 is 44.2. The first kappa shape index (κ1) is 20.5. The normalized spacial score (nSPS) is 11.2. The van der Waals surface area contributed by atoms with Gasteiger partial charge in [0.25, 0.3) is 0 Å². The number of hydrogen-bond donors (Lipinski definition) is 4. The van der Waals surface area contributed by atoms with Crippen LogP contribution in [0.5, 0.6) is 5.75 Å². The molecule has 0 unspecified atom stereocenters. The van der Waals surface area contributed by atoms with E-state index in [2.05, 4.69) is 26.1 Å². The minimum atomic E-state index is -4.65. The second-order valence-corrected chi connectivity index (χ2v) is 5.48. The fraction of sp³-hybridized carbons (Fsp3) is 0.267. The number of ether oxygens (including phenoxy) is 1. The first-order valence-electron chi connectivity index (χ1n) is 7.48. The van der Waals surface area contributed by atoms with Crippen molar-refractivity contribution in [3.8, 4) is 5.75 Å². The first-order chi connectivity index (χ1) is 12.7. The van der Waals surface area contributed by atoms with Crippen molar-refractivity contribution >= 4 is 35.0 Å². The molecule has 12 heteroatoms. The topological polar surface area (TPSA) is 108 Å². The summed E-state index contributed by atoms with van der Waals surface area (Å²) in [6.45, 7) is 2.04. The summed E-state index contributed by atoms with van der Waals surface area (Å²) >= 11 is 6.03. The third kappa shape index (κ3) is 4.89. The number of anilines is 3. The maximum absolute atomic E-state index is 13.1. The third-order valence-corrected chi connectivity index (χ3v) is 3.56. The van der Waals surface area contributed by atoms with Gasteiger partial charge in [-0.05, 0) is 6.07 Å². The molecule has 2 rings (SSSR count). The Kier molecular flexibility index (Phi) is 6.28. The van der Waals surface area contributed by atoms with Crippen molar-refractivity contribution in [3.05, 3.63) is 34.5 Å². The highest BCUT2D eigenvalue weighted by Crippen LogP contribution is 2.35. The van der Waals surface area contributed by atoms with Crippen LogP contribution in [0.15, 0.2) is 18.3 Å². The smallest absolute Gasteiger partial charge is 0.421 e. The molecule has 1 aromatic carbocycles. The van der Waals surface area contributed by atoms with Crippen LogP contribution in [-0.4, -0.2) is 34.7 Å². The molecular formula is C15H15ClF3N5O3. The molecule has 27 heavy (non-hydrogen) atoms. The van der Waals surface area contributed by atoms with Crippen LogP contribution in [0.1, 0.15) is 22.8 Å². The van der Waals surface area contributed by atoms with Gasteiger partial charge in [0.2, 0.25) is 5.95 Å². The molecule has 0 atom stereocenters. The van der Waals surface area contributed by atoms with Crippen molar-refractivity contribution < 1.29 is 27.8 Å². The molecule has 0 amide bonds. The number of rotatable bonds is 7. The zero-order valence-electron chi connectivity index (χ0n) is 14.1. The molecule has 0 bridgehead atoms. The summed E-state index contributed by atoms with van der Waals surface area (Å²) in [6, 6.07) is 2.43. The number of aromatic carboxylic acids is 1. The Morgan fingerprint density at radius 2 is 2.07 bits per heavy atom. The predicted octanol–water partition coefficient (Wildman–Crippen LogP) is 3.54. The van der Waals surface area contributed by atoms with E-state index in [-0.39, 0.29) is 28.0 Å². The van der Waals surface area contributed by atoms with Crippen LogP contribution in [0, 0.1) is 0 Å². The van der Waals surface area contributed by atoms with Crippen LogP contribution >= 0.6 is 11.6 Å². The lowest BCUT2D eigenvalue weighted by Crippen LogP contribution is -2.24. The quantitative estimate of drug-likeness (QED) is 0.518. The molecule has 0 saturated heterocycles. The van der Waals surface area contributed by atoms with Gasteiger partial charge >= 0.3 is 12.1 Å². The molecule has 0 aliphatic heterocycles. The number of nitrogens with one attached hydrogen (secondary N) is 3. The van der Waals surface area contributed by atoms with Crippen molar-refractivity contribution in [2.75, 3.05) is 24.4 Å². The van der Waals surface area contributed by atoms with E-state index in [4.69, 9.17) is 21.4 Å². The maximum atomic E-state index is 13.1. The molecule has 8 nitrogen and oxygen atoms in total. The number of carboxylic acids is 1. The van der Waals surface area contributed by atoms with Gasteiger partial charge in [0.15, 0.2) is 5.82 Å². The van der Waals surface area contributed by atoms with E-state index in [1.165, 1.54) is 13.2 Å². The van der Waals surface area contributed by atoms with E-state index in [9.17, 15) is 18.0 Å². The molecular weight excluding hydrogens is 391 g/mol. The van der Waals surface area contributed by atoms with Crippen LogP contribution in [0.2, 0.25) is 5.02 Å². The van der Waals surface area contributed by atoms with Gasteiger partial charge in [-0.2, -0.15) is 18.2 Å². The zero-order valence-corrected chi connectivity index (χ0v) is 14.9. The van der Waals surface area contributed by atoms with Crippen molar-refractivity contribution in [1.29, 1.82) is 0 Å². The summed E-state index contributed by atoms with van der Waals surface area (Å²) in [5.74, 6) is -1.90. The molecule has 0 radical (unpaired) electrons. The molecule has 4 N–H and O–H groups in total. The van der Waals surface area contributed by atoms with Crippen molar-refractivity contribution in [2.24, 2.45) is 0 Å². The Labute approximate surface area is 156 Å². The van der Waals surface area contributed by atoms with Gasteiger partial charge in [-0.15, -0.1) is 0 Å². The molecule has 0 aliphatic carbocycles. The van der Waals surface area contributed by atoms with Gasteiger partial charge in [0.05, 0.1) is 17.8 Å². The summed E-state index contributed by atoms with van der Waals surface area (Å²) in [5, 5.41) is 11.8. The summed E-state index contributed by atoms with van der Waals surface area (Å²) in [5.41, 5.74) is 3.83. The minimum Gasteiger partial charge on any atom is -0.496 e. The average Bonchev–Trinajstić information content (AvgIpc) is 2.60. The fourth-order valence-corrected chi connectivity index (χ4v) is 2.23. The number of alkyl halides is 3. The highest BCUT2D eigenvalue weighted by Gasteiger charge is 2.35. The summed E-state index contributed by atoms with van der Waals surface area (Å²) in [6.07, 6.45) is -4.04. The Morgan fingerprint density at radius 3 is 2.63 bits per heavy atom. The molecule has 2 aromatic rings. The number of halogens is 4. The van der Waals surface area contributed by atoms with Crippen molar-refractivity contribution in [2.45, 2.75) is 13.1 Å². The van der Waals surface area contributed by atoms with Gasteiger partial charge in [-0.1, -0.05) is 18.5 Å². The van der Waals surface area contributed by atoms with Gasteiger partial charge in [-0.3, -0.25) is 0 Å². The third-order valence-electron chi connectivity index (χ3n) is 3.24. The van der Waals surface area contributed by atoms with Crippen LogP contribution < -0.4 is 20.9 Å². The van der Waals surface area contributed by atoms with Gasteiger partial charge in [0.1, 0.15) is 16.9 Å². The van der Waals surface area contributed by atoms with Crippen molar-refractivity contribution in [1.82, 2.24) is 15.4 Å². The molecule has 1 aromatic heterocycles. The SMILES string of the molecule is CCNNc1nc(Nc2cc(OC)c(C(=O)O)cc2Cl)ncc1C(F)(F)F. The lowest BCUT2D eigenvalue weighted by molar-refractivity contribution is -0.137.